The Balaban J connectivity index is 2.35. The van der Waals surface area contributed by atoms with E-state index in [4.69, 9.17) is 9.47 Å². The fourth-order valence-corrected chi connectivity index (χ4v) is 2.46. The molecule has 0 radical (unpaired) electrons. The minimum absolute atomic E-state index is 0.389. The summed E-state index contributed by atoms with van der Waals surface area (Å²) in [6.07, 6.45) is -0.344. The summed E-state index contributed by atoms with van der Waals surface area (Å²) in [4.78, 5) is 11.7. The van der Waals surface area contributed by atoms with Gasteiger partial charge in [-0.2, -0.15) is 0 Å². The summed E-state index contributed by atoms with van der Waals surface area (Å²) in [6, 6.07) is 11.4. The lowest BCUT2D eigenvalue weighted by atomic mass is 9.92. The van der Waals surface area contributed by atoms with Crippen LogP contribution in [0.15, 0.2) is 36.4 Å². The minimum atomic E-state index is -0.867. The highest BCUT2D eigenvalue weighted by Crippen LogP contribution is 2.29. The molecule has 112 valence electrons. The second-order valence-corrected chi connectivity index (χ2v) is 4.96. The number of methoxy groups -OCH3 is 2. The van der Waals surface area contributed by atoms with Crippen LogP contribution in [-0.4, -0.2) is 25.3 Å². The molecule has 4 nitrogen and oxygen atoms in total. The van der Waals surface area contributed by atoms with Crippen LogP contribution in [0.25, 0.3) is 10.8 Å². The SMILES string of the molecule is CCC(C(=O)OC)C(O)c1ccc2cc(OC)ccc2c1. The first kappa shape index (κ1) is 15.3. The van der Waals surface area contributed by atoms with Crippen LogP contribution in [0.3, 0.4) is 0 Å². The maximum absolute atomic E-state index is 11.7. The summed E-state index contributed by atoms with van der Waals surface area (Å²) in [5, 5.41) is 12.4. The van der Waals surface area contributed by atoms with Gasteiger partial charge in [0, 0.05) is 0 Å². The van der Waals surface area contributed by atoms with E-state index in [1.54, 1.807) is 7.11 Å². The largest absolute Gasteiger partial charge is 0.497 e. The molecule has 0 heterocycles. The van der Waals surface area contributed by atoms with E-state index < -0.39 is 12.0 Å². The van der Waals surface area contributed by atoms with Crippen molar-refractivity contribution in [2.75, 3.05) is 14.2 Å². The lowest BCUT2D eigenvalue weighted by molar-refractivity contribution is -0.149. The van der Waals surface area contributed by atoms with Crippen LogP contribution in [0.4, 0.5) is 0 Å². The van der Waals surface area contributed by atoms with Crippen molar-refractivity contribution in [2.45, 2.75) is 19.4 Å². The van der Waals surface area contributed by atoms with Gasteiger partial charge in [-0.25, -0.2) is 0 Å². The third-order valence-electron chi connectivity index (χ3n) is 3.74. The Morgan fingerprint density at radius 3 is 2.43 bits per heavy atom. The van der Waals surface area contributed by atoms with Crippen LogP contribution in [0.1, 0.15) is 25.0 Å². The van der Waals surface area contributed by atoms with E-state index >= 15 is 0 Å². The van der Waals surface area contributed by atoms with Gasteiger partial charge in [-0.1, -0.05) is 25.1 Å². The Hall–Kier alpha value is -2.07. The number of carbonyl (C=O) groups is 1. The smallest absolute Gasteiger partial charge is 0.311 e. The van der Waals surface area contributed by atoms with Gasteiger partial charge in [0.05, 0.1) is 26.2 Å². The third-order valence-corrected chi connectivity index (χ3v) is 3.74. The van der Waals surface area contributed by atoms with Gasteiger partial charge in [0.2, 0.25) is 0 Å². The molecule has 0 spiro atoms. The molecule has 4 heteroatoms. The topological polar surface area (TPSA) is 55.8 Å². The summed E-state index contributed by atoms with van der Waals surface area (Å²) >= 11 is 0. The molecule has 0 saturated heterocycles. The summed E-state index contributed by atoms with van der Waals surface area (Å²) in [7, 11) is 2.96. The maximum atomic E-state index is 11.7. The molecule has 2 aromatic rings. The molecule has 0 aliphatic heterocycles. The predicted molar refractivity (Wildman–Crippen MR) is 81.3 cm³/mol. The van der Waals surface area contributed by atoms with Crippen LogP contribution < -0.4 is 4.74 Å². The zero-order valence-electron chi connectivity index (χ0n) is 12.5. The number of benzene rings is 2. The number of carbonyl (C=O) groups excluding carboxylic acids is 1. The quantitative estimate of drug-likeness (QED) is 0.859. The average molecular weight is 288 g/mol. The van der Waals surface area contributed by atoms with Crippen LogP contribution in [0.2, 0.25) is 0 Å². The number of aliphatic hydroxyl groups is 1. The molecule has 2 atom stereocenters. The lowest BCUT2D eigenvalue weighted by Gasteiger charge is -2.20. The molecule has 0 fully saturated rings. The van der Waals surface area contributed by atoms with Gasteiger partial charge in [-0.3, -0.25) is 4.79 Å². The number of hydrogen-bond donors (Lipinski definition) is 1. The van der Waals surface area contributed by atoms with E-state index in [1.165, 1.54) is 7.11 Å². The highest BCUT2D eigenvalue weighted by atomic mass is 16.5. The van der Waals surface area contributed by atoms with Gasteiger partial charge in [-0.15, -0.1) is 0 Å². The lowest BCUT2D eigenvalue weighted by Crippen LogP contribution is -2.22. The Morgan fingerprint density at radius 1 is 1.14 bits per heavy atom. The van der Waals surface area contributed by atoms with E-state index in [9.17, 15) is 9.90 Å². The summed E-state index contributed by atoms with van der Waals surface area (Å²) < 4.78 is 9.94. The Morgan fingerprint density at radius 2 is 1.81 bits per heavy atom. The Kier molecular flexibility index (Phi) is 4.81. The molecule has 0 saturated carbocycles. The Labute approximate surface area is 124 Å². The van der Waals surface area contributed by atoms with Crippen molar-refractivity contribution in [3.8, 4) is 5.75 Å². The van der Waals surface area contributed by atoms with E-state index in [2.05, 4.69) is 0 Å². The van der Waals surface area contributed by atoms with Crippen molar-refractivity contribution in [1.29, 1.82) is 0 Å². The van der Waals surface area contributed by atoms with Crippen LogP contribution in [0, 0.1) is 5.92 Å². The van der Waals surface area contributed by atoms with Crippen molar-refractivity contribution in [3.05, 3.63) is 42.0 Å². The van der Waals surface area contributed by atoms with Crippen LogP contribution >= 0.6 is 0 Å². The molecule has 0 aromatic heterocycles. The maximum Gasteiger partial charge on any atom is 0.311 e. The first-order valence-electron chi connectivity index (χ1n) is 6.94. The highest BCUT2D eigenvalue weighted by Gasteiger charge is 2.27. The van der Waals surface area contributed by atoms with E-state index in [-0.39, 0.29) is 5.97 Å². The normalized spacial score (nSPS) is 13.7. The molecule has 0 aliphatic carbocycles. The van der Waals surface area contributed by atoms with Crippen LogP contribution in [0.5, 0.6) is 5.75 Å². The highest BCUT2D eigenvalue weighted by molar-refractivity contribution is 5.85. The molecule has 2 rings (SSSR count). The molecule has 0 bridgehead atoms. The van der Waals surface area contributed by atoms with Gasteiger partial charge in [0.25, 0.3) is 0 Å². The first-order valence-corrected chi connectivity index (χ1v) is 6.94. The zero-order valence-corrected chi connectivity index (χ0v) is 12.5. The van der Waals surface area contributed by atoms with Gasteiger partial charge in [0.15, 0.2) is 0 Å². The number of esters is 1. The van der Waals surface area contributed by atoms with Crippen molar-refractivity contribution in [2.24, 2.45) is 5.92 Å². The van der Waals surface area contributed by atoms with Crippen LogP contribution in [-0.2, 0) is 9.53 Å². The summed E-state index contributed by atoms with van der Waals surface area (Å²) in [5.74, 6) is -0.151. The fraction of sp³-hybridized carbons (Fsp3) is 0.353. The standard InChI is InChI=1S/C17H20O4/c1-4-15(17(19)21-3)16(18)13-6-5-12-10-14(20-2)8-7-11(12)9-13/h5-10,15-16,18H,4H2,1-3H3. The molecule has 1 N–H and O–H groups in total. The third kappa shape index (κ3) is 3.16. The molecule has 21 heavy (non-hydrogen) atoms. The first-order chi connectivity index (χ1) is 10.1. The second kappa shape index (κ2) is 6.59. The monoisotopic (exact) mass is 288 g/mol. The molecule has 0 aliphatic rings. The van der Waals surface area contributed by atoms with Crippen molar-refractivity contribution in [1.82, 2.24) is 0 Å². The summed E-state index contributed by atoms with van der Waals surface area (Å²) in [6.45, 7) is 1.86. The Bertz CT molecular complexity index is 636. The fourth-order valence-electron chi connectivity index (χ4n) is 2.46. The van der Waals surface area contributed by atoms with E-state index in [1.807, 2.05) is 43.3 Å². The van der Waals surface area contributed by atoms with Crippen molar-refractivity contribution < 1.29 is 19.4 Å². The number of fused-ring (bicyclic) bond motifs is 1. The van der Waals surface area contributed by atoms with Gasteiger partial charge >= 0.3 is 5.97 Å². The molecular weight excluding hydrogens is 268 g/mol. The number of rotatable bonds is 5. The number of hydrogen-bond acceptors (Lipinski definition) is 4. The van der Waals surface area contributed by atoms with Crippen molar-refractivity contribution >= 4 is 16.7 Å². The van der Waals surface area contributed by atoms with E-state index in [0.29, 0.717) is 12.0 Å². The minimum Gasteiger partial charge on any atom is -0.497 e. The van der Waals surface area contributed by atoms with Gasteiger partial charge < -0.3 is 14.6 Å². The molecular formula is C17H20O4. The van der Waals surface area contributed by atoms with Gasteiger partial charge in [-0.05, 0) is 41.0 Å². The van der Waals surface area contributed by atoms with Crippen molar-refractivity contribution in [3.63, 3.8) is 0 Å². The molecule has 2 aromatic carbocycles. The number of aliphatic hydroxyl groups excluding tert-OH is 1. The molecule has 0 amide bonds. The number of ether oxygens (including phenoxy) is 2. The second-order valence-electron chi connectivity index (χ2n) is 4.96. The predicted octanol–water partition coefficient (Wildman–Crippen LogP) is 3.08. The average Bonchev–Trinajstić information content (AvgIpc) is 2.54. The molecule has 2 unspecified atom stereocenters. The van der Waals surface area contributed by atoms with E-state index in [0.717, 1.165) is 16.5 Å². The van der Waals surface area contributed by atoms with Gasteiger partial charge in [0.1, 0.15) is 5.75 Å². The summed E-state index contributed by atoms with van der Waals surface area (Å²) in [5.41, 5.74) is 0.713. The zero-order chi connectivity index (χ0) is 15.4.